The van der Waals surface area contributed by atoms with Gasteiger partial charge in [-0.25, -0.2) is 14.7 Å². The first-order valence-electron chi connectivity index (χ1n) is 7.49. The molecule has 3 heterocycles. The second kappa shape index (κ2) is 5.71. The van der Waals surface area contributed by atoms with Crippen molar-refractivity contribution in [3.63, 3.8) is 0 Å². The van der Waals surface area contributed by atoms with Crippen molar-refractivity contribution in [2.75, 3.05) is 5.43 Å². The summed E-state index contributed by atoms with van der Waals surface area (Å²) in [6.07, 6.45) is 9.37. The number of aromatic nitrogens is 2. The quantitative estimate of drug-likeness (QED) is 0.872. The van der Waals surface area contributed by atoms with Crippen LogP contribution in [0.5, 0.6) is 0 Å². The molecule has 1 unspecified atom stereocenters. The maximum atomic E-state index is 11.9. The van der Waals surface area contributed by atoms with Crippen LogP contribution < -0.4 is 5.43 Å². The van der Waals surface area contributed by atoms with Gasteiger partial charge in [-0.3, -0.25) is 15.2 Å². The molecule has 0 aromatic carbocycles. The van der Waals surface area contributed by atoms with Crippen LogP contribution in [-0.2, 0) is 0 Å². The molecule has 0 fully saturated rings. The Labute approximate surface area is 129 Å². The van der Waals surface area contributed by atoms with Crippen LogP contribution in [0, 0.1) is 5.92 Å². The standard InChI is InChI=1S/C16H19N5O/c1-4-5-12-15-14(13-8-10(2)6-7-17-13)20-16(11(3)22)21(15)19-9-18-12/h5,7-10H,4,6H2,1-3H3,(H,18,19)/b12-5+. The maximum Gasteiger partial charge on any atom is 0.196 e. The fourth-order valence-corrected chi connectivity index (χ4v) is 2.59. The number of allylic oxidation sites excluding steroid dienone is 2. The minimum absolute atomic E-state index is 0.0976. The second-order valence-electron chi connectivity index (χ2n) is 5.49. The number of Topliss-reactive ketones (excluding diaryl/α,β-unsaturated/α-hetero) is 1. The number of nitrogens with zero attached hydrogens (tertiary/aromatic N) is 4. The summed E-state index contributed by atoms with van der Waals surface area (Å²) in [6.45, 7) is 5.70. The number of hydrogen-bond donors (Lipinski definition) is 1. The van der Waals surface area contributed by atoms with E-state index in [1.54, 1.807) is 11.0 Å². The Hall–Kier alpha value is -2.50. The van der Waals surface area contributed by atoms with E-state index in [0.717, 1.165) is 29.9 Å². The van der Waals surface area contributed by atoms with E-state index >= 15 is 0 Å². The van der Waals surface area contributed by atoms with Crippen LogP contribution in [0.4, 0.5) is 0 Å². The molecule has 1 aromatic heterocycles. The number of aliphatic imine (C=N–C) groups is 2. The first-order valence-corrected chi connectivity index (χ1v) is 7.49. The first kappa shape index (κ1) is 14.4. The molecule has 6 nitrogen and oxygen atoms in total. The van der Waals surface area contributed by atoms with Gasteiger partial charge in [0.2, 0.25) is 0 Å². The van der Waals surface area contributed by atoms with Gasteiger partial charge in [0, 0.05) is 13.1 Å². The Morgan fingerprint density at radius 2 is 2.32 bits per heavy atom. The molecule has 0 aliphatic carbocycles. The Bertz CT molecular complexity index is 736. The fourth-order valence-electron chi connectivity index (χ4n) is 2.59. The van der Waals surface area contributed by atoms with Crippen LogP contribution in [0.2, 0.25) is 0 Å². The zero-order valence-corrected chi connectivity index (χ0v) is 13.0. The summed E-state index contributed by atoms with van der Waals surface area (Å²) in [5.74, 6) is 0.677. The number of carbonyl (C=O) groups excluding carboxylic acids is 1. The van der Waals surface area contributed by atoms with Crippen LogP contribution in [0.25, 0.3) is 11.4 Å². The van der Waals surface area contributed by atoms with Gasteiger partial charge in [-0.05, 0) is 18.8 Å². The van der Waals surface area contributed by atoms with Gasteiger partial charge in [-0.2, -0.15) is 0 Å². The van der Waals surface area contributed by atoms with Crippen LogP contribution >= 0.6 is 0 Å². The molecule has 2 aliphatic heterocycles. The monoisotopic (exact) mass is 297 g/mol. The molecular weight excluding hydrogens is 278 g/mol. The molecule has 0 amide bonds. The molecule has 1 aromatic rings. The lowest BCUT2D eigenvalue weighted by molar-refractivity contribution is 0.100. The Morgan fingerprint density at radius 1 is 1.50 bits per heavy atom. The predicted molar refractivity (Wildman–Crippen MR) is 88.6 cm³/mol. The topological polar surface area (TPSA) is 71.6 Å². The minimum Gasteiger partial charge on any atom is -0.291 e. The zero-order valence-electron chi connectivity index (χ0n) is 13.0. The molecular formula is C16H19N5O. The number of nitrogens with one attached hydrogen (secondary N) is 1. The first-order chi connectivity index (χ1) is 10.6. The molecule has 0 bridgehead atoms. The lowest BCUT2D eigenvalue weighted by Crippen LogP contribution is -2.23. The van der Waals surface area contributed by atoms with Crippen molar-refractivity contribution in [3.05, 3.63) is 29.4 Å². The number of ketones is 1. The van der Waals surface area contributed by atoms with Gasteiger partial charge >= 0.3 is 0 Å². The van der Waals surface area contributed by atoms with Crippen molar-refractivity contribution >= 4 is 29.7 Å². The molecule has 114 valence electrons. The van der Waals surface area contributed by atoms with Gasteiger partial charge in [0.1, 0.15) is 17.7 Å². The van der Waals surface area contributed by atoms with Gasteiger partial charge in [0.05, 0.1) is 11.4 Å². The summed E-state index contributed by atoms with van der Waals surface area (Å²) in [4.78, 5) is 25.3. The van der Waals surface area contributed by atoms with Crippen molar-refractivity contribution in [2.24, 2.45) is 15.9 Å². The van der Waals surface area contributed by atoms with Crippen LogP contribution in [-0.4, -0.2) is 28.0 Å². The third-order valence-corrected chi connectivity index (χ3v) is 3.62. The van der Waals surface area contributed by atoms with Crippen LogP contribution in [0.1, 0.15) is 55.6 Å². The molecule has 0 radical (unpaired) electrons. The van der Waals surface area contributed by atoms with E-state index in [4.69, 9.17) is 0 Å². The van der Waals surface area contributed by atoms with Crippen LogP contribution in [0.3, 0.4) is 0 Å². The highest BCUT2D eigenvalue weighted by molar-refractivity contribution is 5.95. The van der Waals surface area contributed by atoms with Crippen molar-refractivity contribution in [3.8, 4) is 0 Å². The fraction of sp³-hybridized carbons (Fsp3) is 0.375. The molecule has 1 N–H and O–H groups in total. The van der Waals surface area contributed by atoms with E-state index in [-0.39, 0.29) is 5.78 Å². The Morgan fingerprint density at radius 3 is 3.00 bits per heavy atom. The summed E-state index contributed by atoms with van der Waals surface area (Å²) >= 11 is 0. The molecule has 0 saturated heterocycles. The van der Waals surface area contributed by atoms with E-state index in [9.17, 15) is 4.79 Å². The summed E-state index contributed by atoms with van der Waals surface area (Å²) in [7, 11) is 0. The third-order valence-electron chi connectivity index (χ3n) is 3.62. The Balaban J connectivity index is 2.22. The second-order valence-corrected chi connectivity index (χ2v) is 5.49. The Kier molecular flexibility index (Phi) is 3.75. The number of imidazole rings is 1. The van der Waals surface area contributed by atoms with Gasteiger partial charge in [-0.15, -0.1) is 0 Å². The average molecular weight is 297 g/mol. The normalized spacial score (nSPS) is 21.5. The molecule has 6 heteroatoms. The molecule has 0 spiro atoms. The van der Waals surface area contributed by atoms with E-state index in [1.165, 1.54) is 6.92 Å². The smallest absolute Gasteiger partial charge is 0.196 e. The number of hydrogen-bond acceptors (Lipinski definition) is 5. The molecule has 22 heavy (non-hydrogen) atoms. The minimum atomic E-state index is -0.0976. The lowest BCUT2D eigenvalue weighted by atomic mass is 10.0. The summed E-state index contributed by atoms with van der Waals surface area (Å²) in [5, 5.41) is 0. The largest absolute Gasteiger partial charge is 0.291 e. The van der Waals surface area contributed by atoms with Crippen molar-refractivity contribution in [1.29, 1.82) is 0 Å². The maximum absolute atomic E-state index is 11.9. The van der Waals surface area contributed by atoms with Gasteiger partial charge in [-0.1, -0.05) is 26.0 Å². The highest BCUT2D eigenvalue weighted by Crippen LogP contribution is 2.31. The van der Waals surface area contributed by atoms with Crippen molar-refractivity contribution < 1.29 is 4.79 Å². The van der Waals surface area contributed by atoms with Crippen molar-refractivity contribution in [2.45, 2.75) is 33.6 Å². The SMILES string of the molecule is CC/C=C1/N=CNn2c(C(C)=O)nc(C3=CC(C)CC=N3)c21. The molecule has 0 saturated carbocycles. The highest BCUT2D eigenvalue weighted by Gasteiger charge is 2.27. The zero-order chi connectivity index (χ0) is 15.7. The molecule has 2 aliphatic rings. The van der Waals surface area contributed by atoms with Crippen molar-refractivity contribution in [1.82, 2.24) is 9.66 Å². The van der Waals surface area contributed by atoms with Gasteiger partial charge in [0.25, 0.3) is 0 Å². The van der Waals surface area contributed by atoms with Gasteiger partial charge < -0.3 is 0 Å². The number of fused-ring (bicyclic) bond motifs is 1. The van der Waals surface area contributed by atoms with Gasteiger partial charge in [0.15, 0.2) is 11.6 Å². The lowest BCUT2D eigenvalue weighted by Gasteiger charge is -2.17. The van der Waals surface area contributed by atoms with Crippen LogP contribution in [0.15, 0.2) is 22.1 Å². The summed E-state index contributed by atoms with van der Waals surface area (Å²) < 4.78 is 1.70. The number of carbonyl (C=O) groups is 1. The highest BCUT2D eigenvalue weighted by atomic mass is 16.1. The average Bonchev–Trinajstić information content (AvgIpc) is 2.88. The predicted octanol–water partition coefficient (Wildman–Crippen LogP) is 2.87. The van der Waals surface area contributed by atoms with E-state index in [1.807, 2.05) is 12.3 Å². The molecule has 3 rings (SSSR count). The van der Waals surface area contributed by atoms with E-state index in [0.29, 0.717) is 17.4 Å². The summed E-state index contributed by atoms with van der Waals surface area (Å²) in [6, 6.07) is 0. The van der Waals surface area contributed by atoms with E-state index < -0.39 is 0 Å². The summed E-state index contributed by atoms with van der Waals surface area (Å²) in [5.41, 5.74) is 6.11. The van der Waals surface area contributed by atoms with E-state index in [2.05, 4.69) is 40.3 Å². The number of rotatable bonds is 3. The molecule has 1 atom stereocenters. The third kappa shape index (κ3) is 2.41.